The van der Waals surface area contributed by atoms with Crippen molar-refractivity contribution < 1.29 is 4.79 Å². The molecule has 2 heterocycles. The Morgan fingerprint density at radius 1 is 1.56 bits per heavy atom. The van der Waals surface area contributed by atoms with Crippen molar-refractivity contribution in [1.82, 2.24) is 9.88 Å². The topological polar surface area (TPSA) is 45.2 Å². The lowest BCUT2D eigenvalue weighted by molar-refractivity contribution is 0.0763. The quantitative estimate of drug-likeness (QED) is 0.888. The third-order valence-electron chi connectivity index (χ3n) is 2.98. The van der Waals surface area contributed by atoms with Crippen LogP contribution in [0, 0.1) is 6.92 Å². The van der Waals surface area contributed by atoms with Gasteiger partial charge in [0.25, 0.3) is 5.91 Å². The molecule has 1 aliphatic rings. The Kier molecular flexibility index (Phi) is 4.11. The molecule has 1 fully saturated rings. The number of carbonyl (C=O) groups is 1. The highest BCUT2D eigenvalue weighted by Crippen LogP contribution is 2.20. The second-order valence-corrected chi connectivity index (χ2v) is 6.11. The fourth-order valence-electron chi connectivity index (χ4n) is 2.11. The van der Waals surface area contributed by atoms with Crippen molar-refractivity contribution in [2.24, 2.45) is 0 Å². The molecule has 4 nitrogen and oxygen atoms in total. The average molecular weight is 265 g/mol. The zero-order chi connectivity index (χ0) is 13.1. The minimum absolute atomic E-state index is 0.115. The molecule has 2 rings (SSSR count). The Morgan fingerprint density at radius 3 is 3.00 bits per heavy atom. The van der Waals surface area contributed by atoms with Crippen LogP contribution in [0.2, 0.25) is 0 Å². The van der Waals surface area contributed by atoms with Crippen LogP contribution in [-0.4, -0.2) is 46.9 Å². The average Bonchev–Trinajstić information content (AvgIpc) is 2.37. The first-order valence-electron chi connectivity index (χ1n) is 6.17. The summed E-state index contributed by atoms with van der Waals surface area (Å²) in [5.41, 5.74) is 1.59. The third kappa shape index (κ3) is 2.96. The van der Waals surface area contributed by atoms with E-state index in [1.165, 1.54) is 0 Å². The summed E-state index contributed by atoms with van der Waals surface area (Å²) in [6, 6.07) is 3.68. The van der Waals surface area contributed by atoms with Crippen molar-refractivity contribution in [2.75, 3.05) is 31.2 Å². The molecule has 1 N–H and O–H groups in total. The van der Waals surface area contributed by atoms with Crippen molar-refractivity contribution in [2.45, 2.75) is 19.1 Å². The van der Waals surface area contributed by atoms with Crippen LogP contribution in [0.3, 0.4) is 0 Å². The van der Waals surface area contributed by atoms with E-state index in [0.29, 0.717) is 5.25 Å². The molecule has 0 bridgehead atoms. The molecule has 0 saturated carbocycles. The normalized spacial score (nSPS) is 19.7. The lowest BCUT2D eigenvalue weighted by Gasteiger charge is -2.30. The van der Waals surface area contributed by atoms with E-state index in [1.54, 1.807) is 0 Å². The number of aryl methyl sites for hydroxylation is 1. The first-order chi connectivity index (χ1) is 8.60. The molecule has 18 heavy (non-hydrogen) atoms. The summed E-state index contributed by atoms with van der Waals surface area (Å²) >= 11 is 1.93. The summed E-state index contributed by atoms with van der Waals surface area (Å²) < 4.78 is 0. The SMILES string of the molecule is CNc1cc(C(=O)N2CCSC(C)C2)cc(C)n1. The number of aromatic nitrogens is 1. The molecule has 0 aliphatic carbocycles. The van der Waals surface area contributed by atoms with Gasteiger partial charge in [-0.2, -0.15) is 11.8 Å². The maximum Gasteiger partial charge on any atom is 0.254 e. The van der Waals surface area contributed by atoms with Crippen LogP contribution in [0.15, 0.2) is 12.1 Å². The fourth-order valence-corrected chi connectivity index (χ4v) is 3.12. The number of anilines is 1. The van der Waals surface area contributed by atoms with Gasteiger partial charge in [-0.1, -0.05) is 6.92 Å². The minimum atomic E-state index is 0.115. The third-order valence-corrected chi connectivity index (χ3v) is 4.12. The molecule has 1 saturated heterocycles. The molecule has 0 spiro atoms. The second-order valence-electron chi connectivity index (χ2n) is 4.57. The van der Waals surface area contributed by atoms with Crippen molar-refractivity contribution in [3.63, 3.8) is 0 Å². The zero-order valence-electron chi connectivity index (χ0n) is 11.1. The smallest absolute Gasteiger partial charge is 0.254 e. The minimum Gasteiger partial charge on any atom is -0.373 e. The molecule has 1 aliphatic heterocycles. The molecule has 1 unspecified atom stereocenters. The zero-order valence-corrected chi connectivity index (χ0v) is 11.9. The molecule has 0 radical (unpaired) electrons. The van der Waals surface area contributed by atoms with Gasteiger partial charge in [-0.3, -0.25) is 4.79 Å². The van der Waals surface area contributed by atoms with E-state index in [-0.39, 0.29) is 5.91 Å². The molecular formula is C13H19N3OS. The predicted molar refractivity (Wildman–Crippen MR) is 76.3 cm³/mol. The number of rotatable bonds is 2. The van der Waals surface area contributed by atoms with E-state index in [9.17, 15) is 4.79 Å². The van der Waals surface area contributed by atoms with Gasteiger partial charge < -0.3 is 10.2 Å². The predicted octanol–water partition coefficient (Wildman–Crippen LogP) is 2.01. The summed E-state index contributed by atoms with van der Waals surface area (Å²) in [6.45, 7) is 5.75. The number of pyridine rings is 1. The molecule has 1 atom stereocenters. The van der Waals surface area contributed by atoms with Gasteiger partial charge in [0.2, 0.25) is 0 Å². The van der Waals surface area contributed by atoms with Gasteiger partial charge in [-0.05, 0) is 19.1 Å². The monoisotopic (exact) mass is 265 g/mol. The van der Waals surface area contributed by atoms with Crippen molar-refractivity contribution in [3.05, 3.63) is 23.4 Å². The Hall–Kier alpha value is -1.23. The van der Waals surface area contributed by atoms with Gasteiger partial charge in [0.15, 0.2) is 0 Å². The first kappa shape index (κ1) is 13.2. The largest absolute Gasteiger partial charge is 0.373 e. The Balaban J connectivity index is 2.19. The first-order valence-corrected chi connectivity index (χ1v) is 7.22. The lowest BCUT2D eigenvalue weighted by Crippen LogP contribution is -2.41. The van der Waals surface area contributed by atoms with Crippen molar-refractivity contribution >= 4 is 23.5 Å². The number of nitrogens with zero attached hydrogens (tertiary/aromatic N) is 2. The second kappa shape index (κ2) is 5.61. The Bertz CT molecular complexity index is 450. The molecule has 1 aromatic heterocycles. The van der Waals surface area contributed by atoms with Crippen LogP contribution in [0.25, 0.3) is 0 Å². The van der Waals surface area contributed by atoms with Crippen molar-refractivity contribution in [1.29, 1.82) is 0 Å². The summed E-state index contributed by atoms with van der Waals surface area (Å²) in [4.78, 5) is 18.7. The highest BCUT2D eigenvalue weighted by atomic mass is 32.2. The highest BCUT2D eigenvalue weighted by molar-refractivity contribution is 7.99. The van der Waals surface area contributed by atoms with Gasteiger partial charge in [0, 0.05) is 42.4 Å². The van der Waals surface area contributed by atoms with Gasteiger partial charge in [-0.15, -0.1) is 0 Å². The van der Waals surface area contributed by atoms with Crippen LogP contribution < -0.4 is 5.32 Å². The van der Waals surface area contributed by atoms with Crippen LogP contribution >= 0.6 is 11.8 Å². The number of hydrogen-bond acceptors (Lipinski definition) is 4. The number of hydrogen-bond donors (Lipinski definition) is 1. The molecule has 5 heteroatoms. The number of carbonyl (C=O) groups excluding carboxylic acids is 1. The number of thioether (sulfide) groups is 1. The summed E-state index contributed by atoms with van der Waals surface area (Å²) in [5.74, 6) is 1.89. The molecule has 98 valence electrons. The maximum atomic E-state index is 12.4. The maximum absolute atomic E-state index is 12.4. The summed E-state index contributed by atoms with van der Waals surface area (Å²) in [5, 5.41) is 3.51. The molecule has 1 amide bonds. The van der Waals surface area contributed by atoms with E-state index < -0.39 is 0 Å². The molecular weight excluding hydrogens is 246 g/mol. The summed E-state index contributed by atoms with van der Waals surface area (Å²) in [7, 11) is 1.82. The van der Waals surface area contributed by atoms with Crippen molar-refractivity contribution in [3.8, 4) is 0 Å². The standard InChI is InChI=1S/C13H19N3OS/c1-9-6-11(7-12(14-3)15-9)13(17)16-4-5-18-10(2)8-16/h6-7,10H,4-5,8H2,1-3H3,(H,14,15). The van der Waals surface area contributed by atoms with E-state index in [1.807, 2.05) is 42.8 Å². The van der Waals surface area contributed by atoms with E-state index >= 15 is 0 Å². The van der Waals surface area contributed by atoms with Gasteiger partial charge in [0.1, 0.15) is 5.82 Å². The molecule has 1 aromatic rings. The van der Waals surface area contributed by atoms with Gasteiger partial charge >= 0.3 is 0 Å². The highest BCUT2D eigenvalue weighted by Gasteiger charge is 2.22. The van der Waals surface area contributed by atoms with Gasteiger partial charge in [0.05, 0.1) is 0 Å². The molecule has 0 aromatic carbocycles. The summed E-state index contributed by atoms with van der Waals surface area (Å²) in [6.07, 6.45) is 0. The number of nitrogens with one attached hydrogen (secondary N) is 1. The Morgan fingerprint density at radius 2 is 2.33 bits per heavy atom. The van der Waals surface area contributed by atoms with Crippen LogP contribution in [0.4, 0.5) is 5.82 Å². The number of amides is 1. The van der Waals surface area contributed by atoms with E-state index in [0.717, 1.165) is 35.9 Å². The van der Waals surface area contributed by atoms with Gasteiger partial charge in [-0.25, -0.2) is 4.98 Å². The fraction of sp³-hybridized carbons (Fsp3) is 0.538. The van der Waals surface area contributed by atoms with Crippen LogP contribution in [0.1, 0.15) is 23.0 Å². The van der Waals surface area contributed by atoms with E-state index in [4.69, 9.17) is 0 Å². The lowest BCUT2D eigenvalue weighted by atomic mass is 10.2. The van der Waals surface area contributed by atoms with E-state index in [2.05, 4.69) is 17.2 Å². The Labute approximate surface area is 112 Å². The van der Waals surface area contributed by atoms with Crippen LogP contribution in [0.5, 0.6) is 0 Å². The van der Waals surface area contributed by atoms with Crippen LogP contribution in [-0.2, 0) is 0 Å².